The summed E-state index contributed by atoms with van der Waals surface area (Å²) < 4.78 is 0. The van der Waals surface area contributed by atoms with E-state index in [1.165, 1.54) is 12.1 Å². The summed E-state index contributed by atoms with van der Waals surface area (Å²) in [6.45, 7) is 0. The van der Waals surface area contributed by atoms with Crippen molar-refractivity contribution >= 4 is 41.0 Å². The maximum atomic E-state index is 12.6. The molecule has 3 aromatic rings. The molecule has 0 fully saturated rings. The number of para-hydroxylation sites is 2. The van der Waals surface area contributed by atoms with Crippen molar-refractivity contribution in [3.05, 3.63) is 94.0 Å². The number of nitro groups is 1. The van der Waals surface area contributed by atoms with Gasteiger partial charge >= 0.3 is 11.8 Å². The van der Waals surface area contributed by atoms with Gasteiger partial charge in [-0.25, -0.2) is 5.43 Å². The van der Waals surface area contributed by atoms with Crippen LogP contribution in [0.5, 0.6) is 5.75 Å². The molecule has 166 valence electrons. The number of rotatable bonds is 6. The van der Waals surface area contributed by atoms with E-state index in [4.69, 9.17) is 0 Å². The summed E-state index contributed by atoms with van der Waals surface area (Å²) in [6, 6.07) is 18.1. The molecule has 0 aliphatic carbocycles. The third kappa shape index (κ3) is 5.98. The van der Waals surface area contributed by atoms with E-state index >= 15 is 0 Å². The molecular weight excluding hydrogens is 430 g/mol. The number of phenolic OH excluding ortho intramolecular Hbond substituents is 1. The van der Waals surface area contributed by atoms with Crippen LogP contribution < -0.4 is 16.1 Å². The summed E-state index contributed by atoms with van der Waals surface area (Å²) in [5, 5.41) is 29.1. The highest BCUT2D eigenvalue weighted by molar-refractivity contribution is 6.40. The fraction of sp³-hybridized carbons (Fsp3) is 0. The molecule has 3 amide bonds. The Labute approximate surface area is 186 Å². The molecule has 0 unspecified atom stereocenters. The Morgan fingerprint density at radius 3 is 2.33 bits per heavy atom. The first-order chi connectivity index (χ1) is 15.8. The third-order valence-electron chi connectivity index (χ3n) is 4.25. The Morgan fingerprint density at radius 2 is 1.61 bits per heavy atom. The van der Waals surface area contributed by atoms with Crippen LogP contribution in [0.15, 0.2) is 77.9 Å². The second-order valence-corrected chi connectivity index (χ2v) is 6.52. The number of phenols is 1. The average molecular weight is 447 g/mol. The summed E-state index contributed by atoms with van der Waals surface area (Å²) in [7, 11) is 0. The van der Waals surface area contributed by atoms with Gasteiger partial charge in [-0.05, 0) is 30.3 Å². The van der Waals surface area contributed by atoms with Gasteiger partial charge < -0.3 is 15.7 Å². The molecular formula is C22H17N5O6. The number of amides is 3. The minimum atomic E-state index is -1.16. The van der Waals surface area contributed by atoms with Crippen molar-refractivity contribution in [1.82, 2.24) is 5.43 Å². The fourth-order valence-corrected chi connectivity index (χ4v) is 2.66. The molecule has 0 aliphatic heterocycles. The first-order valence-corrected chi connectivity index (χ1v) is 9.42. The van der Waals surface area contributed by atoms with Gasteiger partial charge in [-0.1, -0.05) is 30.3 Å². The normalized spacial score (nSPS) is 10.4. The molecule has 0 atom stereocenters. The van der Waals surface area contributed by atoms with Crippen molar-refractivity contribution < 1.29 is 24.4 Å². The Balaban J connectivity index is 1.65. The number of non-ortho nitro benzene ring substituents is 1. The van der Waals surface area contributed by atoms with Crippen LogP contribution in [-0.4, -0.2) is 34.0 Å². The molecule has 0 aromatic heterocycles. The minimum absolute atomic E-state index is 0.0344. The van der Waals surface area contributed by atoms with Crippen molar-refractivity contribution in [3.63, 3.8) is 0 Å². The number of hydrogen-bond acceptors (Lipinski definition) is 7. The molecule has 0 spiro atoms. The van der Waals surface area contributed by atoms with E-state index in [-0.39, 0.29) is 28.3 Å². The number of benzene rings is 3. The predicted molar refractivity (Wildman–Crippen MR) is 120 cm³/mol. The van der Waals surface area contributed by atoms with E-state index in [0.29, 0.717) is 5.69 Å². The van der Waals surface area contributed by atoms with Gasteiger partial charge in [-0.3, -0.25) is 24.5 Å². The quantitative estimate of drug-likeness (QED) is 0.196. The largest absolute Gasteiger partial charge is 0.507 e. The van der Waals surface area contributed by atoms with E-state index < -0.39 is 22.6 Å². The number of carbonyl (C=O) groups is 3. The molecule has 3 rings (SSSR count). The lowest BCUT2D eigenvalue weighted by molar-refractivity contribution is -0.384. The maximum Gasteiger partial charge on any atom is 0.329 e. The maximum absolute atomic E-state index is 12.6. The van der Waals surface area contributed by atoms with Crippen LogP contribution in [0, 0.1) is 10.1 Å². The summed E-state index contributed by atoms with van der Waals surface area (Å²) in [6.07, 6.45) is 0.953. The van der Waals surface area contributed by atoms with Crippen molar-refractivity contribution in [2.45, 2.75) is 0 Å². The third-order valence-corrected chi connectivity index (χ3v) is 4.25. The van der Waals surface area contributed by atoms with Gasteiger partial charge in [0.2, 0.25) is 0 Å². The molecule has 0 saturated heterocycles. The van der Waals surface area contributed by atoms with Crippen LogP contribution in [0.2, 0.25) is 0 Å². The molecule has 0 radical (unpaired) electrons. The molecule has 0 heterocycles. The number of nitrogens with one attached hydrogen (secondary N) is 3. The van der Waals surface area contributed by atoms with Gasteiger partial charge in [0.05, 0.1) is 22.4 Å². The van der Waals surface area contributed by atoms with E-state index in [0.717, 1.165) is 24.4 Å². The summed E-state index contributed by atoms with van der Waals surface area (Å²) >= 11 is 0. The highest BCUT2D eigenvalue weighted by Gasteiger charge is 2.18. The van der Waals surface area contributed by atoms with E-state index in [2.05, 4.69) is 15.7 Å². The number of anilines is 2. The van der Waals surface area contributed by atoms with Gasteiger partial charge in [-0.15, -0.1) is 0 Å². The van der Waals surface area contributed by atoms with Crippen molar-refractivity contribution in [3.8, 4) is 5.75 Å². The second kappa shape index (κ2) is 10.3. The van der Waals surface area contributed by atoms with Crippen LogP contribution in [-0.2, 0) is 9.59 Å². The number of hydrogen-bond donors (Lipinski definition) is 4. The van der Waals surface area contributed by atoms with Crippen molar-refractivity contribution in [1.29, 1.82) is 0 Å². The Kier molecular flexibility index (Phi) is 7.06. The lowest BCUT2D eigenvalue weighted by atomic mass is 10.1. The lowest BCUT2D eigenvalue weighted by Crippen LogP contribution is -2.33. The summed E-state index contributed by atoms with van der Waals surface area (Å²) in [5.41, 5.74) is 2.42. The van der Waals surface area contributed by atoms with Gasteiger partial charge in [-0.2, -0.15) is 5.10 Å². The van der Waals surface area contributed by atoms with Crippen LogP contribution in [0.4, 0.5) is 17.1 Å². The Hall–Kier alpha value is -5.06. The van der Waals surface area contributed by atoms with Gasteiger partial charge in [0.1, 0.15) is 5.75 Å². The number of nitrogens with zero attached hydrogens (tertiary/aromatic N) is 2. The number of nitro benzene ring substituents is 1. The first kappa shape index (κ1) is 22.6. The molecule has 3 aromatic carbocycles. The van der Waals surface area contributed by atoms with Crippen LogP contribution in [0.1, 0.15) is 15.9 Å². The van der Waals surface area contributed by atoms with E-state index in [1.54, 1.807) is 42.5 Å². The molecule has 4 N–H and O–H groups in total. The lowest BCUT2D eigenvalue weighted by Gasteiger charge is -2.11. The molecule has 0 aliphatic rings. The van der Waals surface area contributed by atoms with E-state index in [9.17, 15) is 29.6 Å². The topological polar surface area (TPSA) is 163 Å². The number of carbonyl (C=O) groups excluding carboxylic acids is 3. The van der Waals surface area contributed by atoms with Crippen LogP contribution in [0.3, 0.4) is 0 Å². The highest BCUT2D eigenvalue weighted by atomic mass is 16.6. The molecule has 0 bridgehead atoms. The van der Waals surface area contributed by atoms with Gasteiger partial charge in [0, 0.05) is 23.4 Å². The smallest absolute Gasteiger partial charge is 0.329 e. The number of aromatic hydroxyl groups is 1. The monoisotopic (exact) mass is 447 g/mol. The number of hydrazone groups is 1. The van der Waals surface area contributed by atoms with Crippen molar-refractivity contribution in [2.24, 2.45) is 5.10 Å². The summed E-state index contributed by atoms with van der Waals surface area (Å²) in [5.74, 6) is -3.05. The van der Waals surface area contributed by atoms with E-state index in [1.807, 2.05) is 5.43 Å². The standard InChI is InChI=1S/C22H17N5O6/c28-19-11-10-16(27(32)33)12-14(19)13-23-26-22(31)21(30)25-18-9-5-4-8-17(18)20(29)24-15-6-2-1-3-7-15/h1-13,28H,(H,24,29)(H,25,30)(H,26,31)/b23-13+. The second-order valence-electron chi connectivity index (χ2n) is 6.52. The van der Waals surface area contributed by atoms with Crippen LogP contribution in [0.25, 0.3) is 0 Å². The van der Waals surface area contributed by atoms with Gasteiger partial charge in [0.25, 0.3) is 11.6 Å². The first-order valence-electron chi connectivity index (χ1n) is 9.42. The Bertz CT molecular complexity index is 1240. The average Bonchev–Trinajstić information content (AvgIpc) is 2.81. The van der Waals surface area contributed by atoms with Gasteiger partial charge in [0.15, 0.2) is 0 Å². The molecule has 0 saturated carbocycles. The van der Waals surface area contributed by atoms with Crippen molar-refractivity contribution in [2.75, 3.05) is 10.6 Å². The molecule has 11 nitrogen and oxygen atoms in total. The summed E-state index contributed by atoms with van der Waals surface area (Å²) in [4.78, 5) is 47.0. The minimum Gasteiger partial charge on any atom is -0.507 e. The highest BCUT2D eigenvalue weighted by Crippen LogP contribution is 2.21. The zero-order valence-electron chi connectivity index (χ0n) is 16.9. The molecule has 33 heavy (non-hydrogen) atoms. The zero-order chi connectivity index (χ0) is 23.8. The Morgan fingerprint density at radius 1 is 0.909 bits per heavy atom. The zero-order valence-corrected chi connectivity index (χ0v) is 16.9. The SMILES string of the molecule is O=C(N/N=C/c1cc([N+](=O)[O-])ccc1O)C(=O)Nc1ccccc1C(=O)Nc1ccccc1. The fourth-order valence-electron chi connectivity index (χ4n) is 2.66. The van der Waals surface area contributed by atoms with Crippen LogP contribution >= 0.6 is 0 Å². The predicted octanol–water partition coefficient (Wildman–Crippen LogP) is 2.64. The molecule has 11 heteroatoms.